The molecule has 0 aliphatic heterocycles. The van der Waals surface area contributed by atoms with Gasteiger partial charge in [-0.05, 0) is 57.2 Å². The first-order valence-corrected chi connectivity index (χ1v) is 7.42. The molecule has 2 aromatic carbocycles. The summed E-state index contributed by atoms with van der Waals surface area (Å²) in [5.74, 6) is 1.92. The number of phenolic OH excluding ortho intramolecular Hbond substituents is 1. The van der Waals surface area contributed by atoms with Crippen molar-refractivity contribution in [2.24, 2.45) is 0 Å². The van der Waals surface area contributed by atoms with Gasteiger partial charge in [0.1, 0.15) is 17.2 Å². The van der Waals surface area contributed by atoms with Crippen molar-refractivity contribution in [3.8, 4) is 28.7 Å². The maximum Gasteiger partial charge on any atom is 0.413 e. The maximum atomic E-state index is 11.7. The van der Waals surface area contributed by atoms with Crippen LogP contribution in [0.4, 0.5) is 4.79 Å². The number of rotatable bonds is 4. The van der Waals surface area contributed by atoms with Crippen molar-refractivity contribution in [3.05, 3.63) is 42.5 Å². The van der Waals surface area contributed by atoms with Crippen LogP contribution in [0.2, 0.25) is 0 Å². The smallest absolute Gasteiger partial charge is 0.413 e. The summed E-state index contributed by atoms with van der Waals surface area (Å²) in [6.45, 7) is 5.61. The number of aromatic hydroxyl groups is 1. The lowest BCUT2D eigenvalue weighted by atomic mass is 10.1. The van der Waals surface area contributed by atoms with Crippen molar-refractivity contribution < 1.29 is 24.1 Å². The van der Waals surface area contributed by atoms with E-state index in [0.717, 1.165) is 0 Å². The molecule has 128 valence electrons. The van der Waals surface area contributed by atoms with Gasteiger partial charge in [0.25, 0.3) is 0 Å². The van der Waals surface area contributed by atoms with Gasteiger partial charge in [0.2, 0.25) is 0 Å². The molecule has 0 spiro atoms. The Bertz CT molecular complexity index is 704. The Morgan fingerprint density at radius 3 is 2.21 bits per heavy atom. The van der Waals surface area contributed by atoms with Crippen molar-refractivity contribution in [1.29, 1.82) is 0 Å². The summed E-state index contributed by atoms with van der Waals surface area (Å²) < 4.78 is 16.1. The fourth-order valence-corrected chi connectivity index (χ4v) is 1.88. The highest BCUT2D eigenvalue weighted by molar-refractivity contribution is 5.71. The third kappa shape index (κ3) is 5.08. The number of hydrogen-bond donors (Lipinski definition) is 2. The molecule has 0 aliphatic rings. The average molecular weight is 331 g/mol. The molecule has 2 aromatic rings. The Kier molecular flexibility index (Phi) is 5.18. The number of carbonyl (C=O) groups excluding carboxylic acids is 1. The van der Waals surface area contributed by atoms with E-state index in [-0.39, 0.29) is 11.3 Å². The third-order valence-electron chi connectivity index (χ3n) is 2.89. The molecule has 0 saturated heterocycles. The third-order valence-corrected chi connectivity index (χ3v) is 2.89. The molecule has 2 rings (SSSR count). The number of ether oxygens (including phenoxy) is 3. The molecule has 0 aliphatic carbocycles. The quantitative estimate of drug-likeness (QED) is 0.883. The van der Waals surface area contributed by atoms with Crippen LogP contribution in [0.3, 0.4) is 0 Å². The van der Waals surface area contributed by atoms with E-state index in [1.165, 1.54) is 19.2 Å². The number of carbonyl (C=O) groups is 1. The van der Waals surface area contributed by atoms with Gasteiger partial charge in [-0.25, -0.2) is 4.79 Å². The summed E-state index contributed by atoms with van der Waals surface area (Å²) in [7, 11) is 1.49. The summed E-state index contributed by atoms with van der Waals surface area (Å²) in [4.78, 5) is 11.7. The van der Waals surface area contributed by atoms with E-state index >= 15 is 0 Å². The number of amides is 1. The Labute approximate surface area is 141 Å². The number of benzene rings is 2. The standard InChI is InChI=1S/C18H21NO5/c1-18(2,3)19-17(21)24-14-8-6-13(7-9-14)23-15-10-5-12(20)11-16(15)22-4/h5-11,20H,1-4H3,(H,19,21). The first-order valence-electron chi connectivity index (χ1n) is 7.42. The molecule has 1 amide bonds. The minimum Gasteiger partial charge on any atom is -0.508 e. The first kappa shape index (κ1) is 17.5. The monoisotopic (exact) mass is 331 g/mol. The lowest BCUT2D eigenvalue weighted by Crippen LogP contribution is -2.42. The van der Waals surface area contributed by atoms with Crippen molar-refractivity contribution in [1.82, 2.24) is 5.32 Å². The molecule has 2 N–H and O–H groups in total. The van der Waals surface area contributed by atoms with Crippen LogP contribution in [-0.4, -0.2) is 23.8 Å². The number of nitrogens with one attached hydrogen (secondary N) is 1. The van der Waals surface area contributed by atoms with Crippen LogP contribution in [0.5, 0.6) is 28.7 Å². The van der Waals surface area contributed by atoms with Gasteiger partial charge in [0.05, 0.1) is 7.11 Å². The van der Waals surface area contributed by atoms with Crippen LogP contribution >= 0.6 is 0 Å². The average Bonchev–Trinajstić information content (AvgIpc) is 2.49. The minimum atomic E-state index is -0.517. The Morgan fingerprint density at radius 2 is 1.62 bits per heavy atom. The van der Waals surface area contributed by atoms with E-state index in [0.29, 0.717) is 23.0 Å². The van der Waals surface area contributed by atoms with Crippen LogP contribution in [0.1, 0.15) is 20.8 Å². The van der Waals surface area contributed by atoms with Gasteiger partial charge in [0, 0.05) is 11.6 Å². The largest absolute Gasteiger partial charge is 0.508 e. The van der Waals surface area contributed by atoms with Gasteiger partial charge < -0.3 is 24.6 Å². The molecule has 0 unspecified atom stereocenters. The molecule has 6 nitrogen and oxygen atoms in total. The molecular weight excluding hydrogens is 310 g/mol. The predicted octanol–water partition coefficient (Wildman–Crippen LogP) is 4.08. The summed E-state index contributed by atoms with van der Waals surface area (Å²) in [5, 5.41) is 12.2. The molecule has 0 radical (unpaired) electrons. The number of phenols is 1. The zero-order valence-corrected chi connectivity index (χ0v) is 14.1. The van der Waals surface area contributed by atoms with Gasteiger partial charge in [-0.15, -0.1) is 0 Å². The lowest BCUT2D eigenvalue weighted by Gasteiger charge is -2.19. The molecule has 6 heteroatoms. The van der Waals surface area contributed by atoms with E-state index in [4.69, 9.17) is 14.2 Å². The van der Waals surface area contributed by atoms with E-state index in [9.17, 15) is 9.90 Å². The minimum absolute atomic E-state index is 0.0906. The molecule has 0 heterocycles. The highest BCUT2D eigenvalue weighted by atomic mass is 16.6. The molecule has 0 atom stereocenters. The normalized spacial score (nSPS) is 10.8. The summed E-state index contributed by atoms with van der Waals surface area (Å²) in [6, 6.07) is 11.2. The summed E-state index contributed by atoms with van der Waals surface area (Å²) in [5.41, 5.74) is -0.366. The fraction of sp³-hybridized carbons (Fsp3) is 0.278. The molecule has 0 saturated carbocycles. The second-order valence-corrected chi connectivity index (χ2v) is 6.17. The second kappa shape index (κ2) is 7.12. The molecule has 0 aromatic heterocycles. The van der Waals surface area contributed by atoms with E-state index in [2.05, 4.69) is 5.32 Å². The van der Waals surface area contributed by atoms with Gasteiger partial charge in [0.15, 0.2) is 11.5 Å². The molecule has 0 bridgehead atoms. The Balaban J connectivity index is 2.03. The second-order valence-electron chi connectivity index (χ2n) is 6.17. The number of methoxy groups -OCH3 is 1. The van der Waals surface area contributed by atoms with Gasteiger partial charge >= 0.3 is 6.09 Å². The van der Waals surface area contributed by atoms with Crippen molar-refractivity contribution in [2.75, 3.05) is 7.11 Å². The number of hydrogen-bond acceptors (Lipinski definition) is 5. The van der Waals surface area contributed by atoms with Crippen LogP contribution in [0, 0.1) is 0 Å². The highest BCUT2D eigenvalue weighted by Gasteiger charge is 2.15. The highest BCUT2D eigenvalue weighted by Crippen LogP contribution is 2.34. The van der Waals surface area contributed by atoms with Crippen molar-refractivity contribution >= 4 is 6.09 Å². The molecule has 24 heavy (non-hydrogen) atoms. The zero-order chi connectivity index (χ0) is 17.7. The topological polar surface area (TPSA) is 77.0 Å². The van der Waals surface area contributed by atoms with Crippen LogP contribution < -0.4 is 19.5 Å². The van der Waals surface area contributed by atoms with Gasteiger partial charge in [-0.3, -0.25) is 0 Å². The summed E-state index contributed by atoms with van der Waals surface area (Å²) >= 11 is 0. The summed E-state index contributed by atoms with van der Waals surface area (Å²) in [6.07, 6.45) is -0.517. The lowest BCUT2D eigenvalue weighted by molar-refractivity contribution is 0.190. The zero-order valence-electron chi connectivity index (χ0n) is 14.1. The van der Waals surface area contributed by atoms with Gasteiger partial charge in [-0.2, -0.15) is 0 Å². The maximum absolute atomic E-state index is 11.7. The Hall–Kier alpha value is -2.89. The van der Waals surface area contributed by atoms with E-state index in [1.807, 2.05) is 20.8 Å². The van der Waals surface area contributed by atoms with Crippen LogP contribution in [0.15, 0.2) is 42.5 Å². The SMILES string of the molecule is COc1cc(O)ccc1Oc1ccc(OC(=O)NC(C)(C)C)cc1. The molecule has 0 fully saturated rings. The van der Waals surface area contributed by atoms with Crippen LogP contribution in [0.25, 0.3) is 0 Å². The molecular formula is C18H21NO5. The Morgan fingerprint density at radius 1 is 1.00 bits per heavy atom. The van der Waals surface area contributed by atoms with Crippen molar-refractivity contribution in [3.63, 3.8) is 0 Å². The van der Waals surface area contributed by atoms with Gasteiger partial charge in [-0.1, -0.05) is 0 Å². The van der Waals surface area contributed by atoms with Crippen LogP contribution in [-0.2, 0) is 0 Å². The first-order chi connectivity index (χ1) is 11.3. The van der Waals surface area contributed by atoms with E-state index < -0.39 is 6.09 Å². The van der Waals surface area contributed by atoms with E-state index in [1.54, 1.807) is 30.3 Å². The van der Waals surface area contributed by atoms with Crippen molar-refractivity contribution in [2.45, 2.75) is 26.3 Å². The predicted molar refractivity (Wildman–Crippen MR) is 90.1 cm³/mol. The fourth-order valence-electron chi connectivity index (χ4n) is 1.88.